The Hall–Kier alpha value is -3.68. The van der Waals surface area contributed by atoms with Crippen LogP contribution in [0.2, 0.25) is 0 Å². The number of carbonyl (C=O) groups is 4. The molecule has 0 radical (unpaired) electrons. The molecule has 30 heavy (non-hydrogen) atoms. The largest absolute Gasteiger partial charge is 0.495 e. The molecule has 1 aliphatic heterocycles. The molecule has 8 heteroatoms. The van der Waals surface area contributed by atoms with Gasteiger partial charge in [-0.15, -0.1) is 0 Å². The topological polar surface area (TPSA) is 102 Å². The number of nitrogens with one attached hydrogen (secondary N) is 1. The van der Waals surface area contributed by atoms with E-state index in [0.717, 1.165) is 0 Å². The lowest BCUT2D eigenvalue weighted by atomic mass is 10.1. The van der Waals surface area contributed by atoms with Gasteiger partial charge in [-0.25, -0.2) is 0 Å². The minimum atomic E-state index is -0.670. The van der Waals surface area contributed by atoms with Crippen molar-refractivity contribution in [3.63, 3.8) is 0 Å². The Bertz CT molecular complexity index is 987. The molecular formula is C22H22N2O6. The Kier molecular flexibility index (Phi) is 6.46. The van der Waals surface area contributed by atoms with Gasteiger partial charge in [-0.1, -0.05) is 24.3 Å². The number of nitrogens with zero attached hydrogens (tertiary/aromatic N) is 1. The van der Waals surface area contributed by atoms with Gasteiger partial charge in [0, 0.05) is 24.2 Å². The Morgan fingerprint density at radius 3 is 2.63 bits per heavy atom. The molecule has 1 atom stereocenters. The highest BCUT2D eigenvalue weighted by Crippen LogP contribution is 2.33. The summed E-state index contributed by atoms with van der Waals surface area (Å²) in [7, 11) is 1.51. The molecule has 1 fully saturated rings. The van der Waals surface area contributed by atoms with Crippen LogP contribution in [0.25, 0.3) is 0 Å². The molecule has 1 heterocycles. The van der Waals surface area contributed by atoms with E-state index in [1.54, 1.807) is 48.5 Å². The highest BCUT2D eigenvalue weighted by Gasteiger charge is 2.37. The summed E-state index contributed by atoms with van der Waals surface area (Å²) < 4.78 is 10.4. The van der Waals surface area contributed by atoms with Crippen molar-refractivity contribution in [3.05, 3.63) is 54.1 Å². The highest BCUT2D eigenvalue weighted by atomic mass is 16.5. The summed E-state index contributed by atoms with van der Waals surface area (Å²) >= 11 is 0. The van der Waals surface area contributed by atoms with Crippen molar-refractivity contribution in [2.75, 3.05) is 30.5 Å². The summed E-state index contributed by atoms with van der Waals surface area (Å²) in [4.78, 5) is 49.7. The summed E-state index contributed by atoms with van der Waals surface area (Å²) in [6, 6.07) is 13.5. The zero-order valence-corrected chi connectivity index (χ0v) is 16.7. The van der Waals surface area contributed by atoms with Crippen LogP contribution >= 0.6 is 0 Å². The molecule has 0 aliphatic carbocycles. The number of rotatable bonds is 7. The average molecular weight is 410 g/mol. The van der Waals surface area contributed by atoms with Crippen LogP contribution in [0.5, 0.6) is 5.75 Å². The Labute approximate surface area is 173 Å². The van der Waals surface area contributed by atoms with Gasteiger partial charge in [-0.3, -0.25) is 19.2 Å². The smallest absolute Gasteiger partial charge is 0.311 e. The third-order valence-electron chi connectivity index (χ3n) is 4.73. The summed E-state index contributed by atoms with van der Waals surface area (Å²) in [5.41, 5.74) is 1.48. The minimum absolute atomic E-state index is 0.000836. The highest BCUT2D eigenvalue weighted by molar-refractivity contribution is 6.01. The molecule has 0 aromatic heterocycles. The molecule has 1 N–H and O–H groups in total. The van der Waals surface area contributed by atoms with Gasteiger partial charge in [0.25, 0.3) is 5.91 Å². The van der Waals surface area contributed by atoms with Crippen molar-refractivity contribution < 1.29 is 28.7 Å². The van der Waals surface area contributed by atoms with Gasteiger partial charge in [0.2, 0.25) is 5.91 Å². The lowest BCUT2D eigenvalue weighted by molar-refractivity contribution is -0.151. The first kappa shape index (κ1) is 21.0. The second-order valence-electron chi connectivity index (χ2n) is 6.87. The second kappa shape index (κ2) is 9.21. The number of amides is 2. The number of benzene rings is 2. The predicted octanol–water partition coefficient (Wildman–Crippen LogP) is 2.43. The number of carbonyl (C=O) groups excluding carboxylic acids is 4. The van der Waals surface area contributed by atoms with E-state index in [-0.39, 0.29) is 24.7 Å². The number of hydrogen-bond acceptors (Lipinski definition) is 6. The third-order valence-corrected chi connectivity index (χ3v) is 4.73. The van der Waals surface area contributed by atoms with Crippen LogP contribution in [0.1, 0.15) is 23.7 Å². The summed E-state index contributed by atoms with van der Waals surface area (Å²) in [6.07, 6.45) is -0.000836. The van der Waals surface area contributed by atoms with Crippen molar-refractivity contribution in [1.29, 1.82) is 0 Å². The Morgan fingerprint density at radius 2 is 1.90 bits per heavy atom. The van der Waals surface area contributed by atoms with Gasteiger partial charge >= 0.3 is 5.97 Å². The van der Waals surface area contributed by atoms with Gasteiger partial charge in [-0.2, -0.15) is 0 Å². The van der Waals surface area contributed by atoms with Crippen LogP contribution in [0.15, 0.2) is 48.5 Å². The number of para-hydroxylation sites is 2. The van der Waals surface area contributed by atoms with Crippen LogP contribution in [-0.2, 0) is 19.1 Å². The Balaban J connectivity index is 1.55. The van der Waals surface area contributed by atoms with Gasteiger partial charge < -0.3 is 19.7 Å². The molecule has 2 aromatic carbocycles. The second-order valence-corrected chi connectivity index (χ2v) is 6.87. The molecule has 0 spiro atoms. The van der Waals surface area contributed by atoms with Crippen molar-refractivity contribution in [2.24, 2.45) is 5.92 Å². The quantitative estimate of drug-likeness (QED) is 0.556. The Morgan fingerprint density at radius 1 is 1.13 bits per heavy atom. The molecule has 2 aromatic rings. The zero-order chi connectivity index (χ0) is 21.7. The number of ketones is 1. The van der Waals surface area contributed by atoms with Crippen LogP contribution in [0, 0.1) is 5.92 Å². The van der Waals surface area contributed by atoms with Gasteiger partial charge in [0.15, 0.2) is 12.4 Å². The zero-order valence-electron chi connectivity index (χ0n) is 16.7. The molecule has 3 rings (SSSR count). The van der Waals surface area contributed by atoms with Crippen LogP contribution in [0.3, 0.4) is 0 Å². The number of anilines is 2. The fourth-order valence-electron chi connectivity index (χ4n) is 3.22. The molecule has 8 nitrogen and oxygen atoms in total. The van der Waals surface area contributed by atoms with Crippen molar-refractivity contribution in [1.82, 2.24) is 0 Å². The normalized spacial score (nSPS) is 15.6. The summed E-state index contributed by atoms with van der Waals surface area (Å²) in [6.45, 7) is 1.10. The fraction of sp³-hybridized carbons (Fsp3) is 0.273. The van der Waals surface area contributed by atoms with E-state index in [4.69, 9.17) is 9.47 Å². The van der Waals surface area contributed by atoms with Gasteiger partial charge in [0.05, 0.1) is 18.7 Å². The average Bonchev–Trinajstić information content (AvgIpc) is 3.13. The van der Waals surface area contributed by atoms with Crippen molar-refractivity contribution in [2.45, 2.75) is 13.3 Å². The van der Waals surface area contributed by atoms with Crippen LogP contribution in [-0.4, -0.2) is 43.8 Å². The van der Waals surface area contributed by atoms with E-state index in [1.165, 1.54) is 18.9 Å². The first-order valence-corrected chi connectivity index (χ1v) is 9.40. The number of methoxy groups -OCH3 is 1. The van der Waals surface area contributed by atoms with E-state index >= 15 is 0 Å². The molecule has 0 saturated carbocycles. The number of hydrogen-bond donors (Lipinski definition) is 1. The first-order valence-electron chi connectivity index (χ1n) is 9.40. The first-order chi connectivity index (χ1) is 14.4. The number of esters is 1. The van der Waals surface area contributed by atoms with E-state index in [9.17, 15) is 19.2 Å². The molecule has 1 saturated heterocycles. The molecule has 2 amide bonds. The lowest BCUT2D eigenvalue weighted by Gasteiger charge is -2.19. The van der Waals surface area contributed by atoms with E-state index in [2.05, 4.69) is 5.32 Å². The fourth-order valence-corrected chi connectivity index (χ4v) is 3.22. The van der Waals surface area contributed by atoms with Crippen molar-refractivity contribution in [3.8, 4) is 5.75 Å². The summed E-state index contributed by atoms with van der Waals surface area (Å²) in [5.74, 6) is -1.62. The molecule has 0 bridgehead atoms. The SMILES string of the molecule is COc1ccccc1N1C[C@H](C(=O)OCC(=O)Nc2cccc(C(C)=O)c2)CC1=O. The van der Waals surface area contributed by atoms with Crippen LogP contribution in [0.4, 0.5) is 11.4 Å². The van der Waals surface area contributed by atoms with Gasteiger partial charge in [0.1, 0.15) is 5.75 Å². The monoisotopic (exact) mass is 410 g/mol. The number of Topliss-reactive ketones (excluding diaryl/α,β-unsaturated/α-hetero) is 1. The summed E-state index contributed by atoms with van der Waals surface area (Å²) in [5, 5.41) is 2.58. The van der Waals surface area contributed by atoms with Gasteiger partial charge in [-0.05, 0) is 31.2 Å². The maximum Gasteiger partial charge on any atom is 0.311 e. The maximum atomic E-state index is 12.4. The molecule has 156 valence electrons. The predicted molar refractivity (Wildman–Crippen MR) is 109 cm³/mol. The third kappa shape index (κ3) is 4.83. The standard InChI is InChI=1S/C22H22N2O6/c1-14(25)15-6-5-7-17(10-15)23-20(26)13-30-22(28)16-11-21(27)24(12-16)18-8-3-4-9-19(18)29-2/h3-10,16H,11-13H2,1-2H3,(H,23,26)/t16-/m1/s1. The van der Waals surface area contributed by atoms with E-state index < -0.39 is 24.4 Å². The lowest BCUT2D eigenvalue weighted by Crippen LogP contribution is -2.28. The van der Waals surface area contributed by atoms with Crippen molar-refractivity contribution >= 4 is 34.9 Å². The molecule has 0 unspecified atom stereocenters. The van der Waals surface area contributed by atoms with E-state index in [0.29, 0.717) is 22.7 Å². The molecule has 1 aliphatic rings. The van der Waals surface area contributed by atoms with Crippen LogP contribution < -0.4 is 15.0 Å². The van der Waals surface area contributed by atoms with E-state index in [1.807, 2.05) is 0 Å². The molecular weight excluding hydrogens is 388 g/mol. The maximum absolute atomic E-state index is 12.4. The number of ether oxygens (including phenoxy) is 2. The minimum Gasteiger partial charge on any atom is -0.495 e.